The molecule has 0 saturated carbocycles. The normalized spacial score (nSPS) is 19.8. The molecule has 0 radical (unpaired) electrons. The minimum absolute atomic E-state index is 0.0943. The van der Waals surface area contributed by atoms with Crippen molar-refractivity contribution in [3.8, 4) is 0 Å². The predicted molar refractivity (Wildman–Crippen MR) is 79.9 cm³/mol. The van der Waals surface area contributed by atoms with Gasteiger partial charge in [0, 0.05) is 42.4 Å². The molecule has 0 bridgehead atoms. The van der Waals surface area contributed by atoms with Crippen LogP contribution in [0.25, 0.3) is 10.9 Å². The van der Waals surface area contributed by atoms with Crippen LogP contribution in [0.4, 0.5) is 0 Å². The standard InChI is InChI=1S/C16H20N2O2/c1-20-11-13-5-4-8-18(13)10-12-9-16(19)14-6-2-3-7-15(14)17-12/h2-3,6-7,9,13H,4-5,8,10-11H2,1H3,(H,17,19)/t13-/m0/s1. The third-order valence-electron chi connectivity index (χ3n) is 4.02. The summed E-state index contributed by atoms with van der Waals surface area (Å²) in [5.74, 6) is 0. The number of para-hydroxylation sites is 1. The summed E-state index contributed by atoms with van der Waals surface area (Å²) in [6, 6.07) is 9.86. The minimum Gasteiger partial charge on any atom is -0.383 e. The van der Waals surface area contributed by atoms with E-state index < -0.39 is 0 Å². The van der Waals surface area contributed by atoms with Crippen molar-refractivity contribution in [2.24, 2.45) is 0 Å². The summed E-state index contributed by atoms with van der Waals surface area (Å²) in [4.78, 5) is 17.9. The Kier molecular flexibility index (Phi) is 3.85. The molecule has 3 rings (SSSR count). The topological polar surface area (TPSA) is 45.3 Å². The number of nitrogens with zero attached hydrogens (tertiary/aromatic N) is 1. The van der Waals surface area contributed by atoms with Gasteiger partial charge in [0.25, 0.3) is 0 Å². The minimum atomic E-state index is 0.0943. The maximum atomic E-state index is 12.1. The van der Waals surface area contributed by atoms with E-state index in [4.69, 9.17) is 4.74 Å². The molecular weight excluding hydrogens is 252 g/mol. The van der Waals surface area contributed by atoms with Crippen molar-refractivity contribution in [2.45, 2.75) is 25.4 Å². The molecule has 0 spiro atoms. The first-order chi connectivity index (χ1) is 9.78. The van der Waals surface area contributed by atoms with Gasteiger partial charge in [0.1, 0.15) is 0 Å². The largest absolute Gasteiger partial charge is 0.383 e. The van der Waals surface area contributed by atoms with Crippen molar-refractivity contribution >= 4 is 10.9 Å². The fourth-order valence-corrected chi connectivity index (χ4v) is 3.04. The SMILES string of the molecule is COC[C@@H]1CCCN1Cc1cc(=O)c2ccccc2[nH]1. The number of aromatic amines is 1. The number of hydrogen-bond donors (Lipinski definition) is 1. The van der Waals surface area contributed by atoms with Crippen LogP contribution < -0.4 is 5.43 Å². The van der Waals surface area contributed by atoms with Crippen molar-refractivity contribution in [2.75, 3.05) is 20.3 Å². The second kappa shape index (κ2) is 5.77. The lowest BCUT2D eigenvalue weighted by Crippen LogP contribution is -2.32. The quantitative estimate of drug-likeness (QED) is 0.927. The zero-order chi connectivity index (χ0) is 13.9. The fourth-order valence-electron chi connectivity index (χ4n) is 3.04. The van der Waals surface area contributed by atoms with Crippen LogP contribution in [0.15, 0.2) is 35.1 Å². The molecule has 4 nitrogen and oxygen atoms in total. The van der Waals surface area contributed by atoms with E-state index in [0.29, 0.717) is 6.04 Å². The molecule has 1 aliphatic rings. The molecule has 1 N–H and O–H groups in total. The smallest absolute Gasteiger partial charge is 0.189 e. The van der Waals surface area contributed by atoms with Gasteiger partial charge in [-0.05, 0) is 31.5 Å². The Morgan fingerprint density at radius 3 is 3.10 bits per heavy atom. The van der Waals surface area contributed by atoms with Gasteiger partial charge in [0.2, 0.25) is 0 Å². The zero-order valence-corrected chi connectivity index (χ0v) is 11.8. The number of benzene rings is 1. The Hall–Kier alpha value is -1.65. The average Bonchev–Trinajstić information content (AvgIpc) is 2.87. The molecular formula is C16H20N2O2. The van der Waals surface area contributed by atoms with Gasteiger partial charge in [-0.3, -0.25) is 9.69 Å². The van der Waals surface area contributed by atoms with E-state index >= 15 is 0 Å². The van der Waals surface area contributed by atoms with Gasteiger partial charge in [-0.2, -0.15) is 0 Å². The summed E-state index contributed by atoms with van der Waals surface area (Å²) in [6.45, 7) is 2.62. The van der Waals surface area contributed by atoms with Crippen molar-refractivity contribution in [3.63, 3.8) is 0 Å². The lowest BCUT2D eigenvalue weighted by molar-refractivity contribution is 0.111. The van der Waals surface area contributed by atoms with Gasteiger partial charge in [-0.15, -0.1) is 0 Å². The molecule has 1 aromatic carbocycles. The molecule has 0 unspecified atom stereocenters. The summed E-state index contributed by atoms with van der Waals surface area (Å²) in [5.41, 5.74) is 1.99. The second-order valence-corrected chi connectivity index (χ2v) is 5.43. The van der Waals surface area contributed by atoms with E-state index in [9.17, 15) is 4.79 Å². The Labute approximate surface area is 118 Å². The number of hydrogen-bond acceptors (Lipinski definition) is 3. The van der Waals surface area contributed by atoms with Crippen molar-refractivity contribution in [1.82, 2.24) is 9.88 Å². The molecule has 1 fully saturated rings. The highest BCUT2D eigenvalue weighted by molar-refractivity contribution is 5.78. The second-order valence-electron chi connectivity index (χ2n) is 5.43. The molecule has 0 amide bonds. The number of H-pyrrole nitrogens is 1. The molecule has 1 aromatic heterocycles. The predicted octanol–water partition coefficient (Wildman–Crippen LogP) is 2.14. The monoisotopic (exact) mass is 272 g/mol. The molecule has 0 aliphatic carbocycles. The molecule has 4 heteroatoms. The number of nitrogens with one attached hydrogen (secondary N) is 1. The molecule has 106 valence electrons. The number of aromatic nitrogens is 1. The van der Waals surface area contributed by atoms with Crippen LogP contribution in [0.1, 0.15) is 18.5 Å². The zero-order valence-electron chi connectivity index (χ0n) is 11.8. The Bertz CT molecular complexity index is 650. The molecule has 2 heterocycles. The fraction of sp³-hybridized carbons (Fsp3) is 0.438. The van der Waals surface area contributed by atoms with Gasteiger partial charge >= 0.3 is 0 Å². The number of likely N-dealkylation sites (tertiary alicyclic amines) is 1. The van der Waals surface area contributed by atoms with Crippen LogP contribution >= 0.6 is 0 Å². The Morgan fingerprint density at radius 2 is 2.25 bits per heavy atom. The van der Waals surface area contributed by atoms with Crippen LogP contribution in [-0.2, 0) is 11.3 Å². The average molecular weight is 272 g/mol. The van der Waals surface area contributed by atoms with E-state index in [0.717, 1.165) is 36.3 Å². The summed E-state index contributed by atoms with van der Waals surface area (Å²) in [5, 5.41) is 0.756. The van der Waals surface area contributed by atoms with Gasteiger partial charge in [-0.25, -0.2) is 0 Å². The molecule has 2 aromatic rings. The van der Waals surface area contributed by atoms with E-state index in [1.54, 1.807) is 13.2 Å². The number of fused-ring (bicyclic) bond motifs is 1. The van der Waals surface area contributed by atoms with Crippen molar-refractivity contribution in [1.29, 1.82) is 0 Å². The molecule has 1 aliphatic heterocycles. The number of ether oxygens (including phenoxy) is 1. The van der Waals surface area contributed by atoms with Crippen LogP contribution in [-0.4, -0.2) is 36.2 Å². The van der Waals surface area contributed by atoms with Gasteiger partial charge in [0.05, 0.1) is 6.61 Å². The summed E-state index contributed by atoms with van der Waals surface area (Å²) >= 11 is 0. The van der Waals surface area contributed by atoms with Crippen LogP contribution in [0, 0.1) is 0 Å². The first-order valence-electron chi connectivity index (χ1n) is 7.12. The highest BCUT2D eigenvalue weighted by atomic mass is 16.5. The summed E-state index contributed by atoms with van der Waals surface area (Å²) < 4.78 is 5.27. The first kappa shape index (κ1) is 13.3. The lowest BCUT2D eigenvalue weighted by Gasteiger charge is -2.23. The van der Waals surface area contributed by atoms with Crippen molar-refractivity contribution < 1.29 is 4.74 Å². The maximum Gasteiger partial charge on any atom is 0.189 e. The number of pyridine rings is 1. The van der Waals surface area contributed by atoms with Gasteiger partial charge in [-0.1, -0.05) is 12.1 Å². The van der Waals surface area contributed by atoms with Gasteiger partial charge < -0.3 is 9.72 Å². The maximum absolute atomic E-state index is 12.1. The van der Waals surface area contributed by atoms with Crippen LogP contribution in [0.2, 0.25) is 0 Å². The van der Waals surface area contributed by atoms with Crippen LogP contribution in [0.3, 0.4) is 0 Å². The highest BCUT2D eigenvalue weighted by Crippen LogP contribution is 2.20. The lowest BCUT2D eigenvalue weighted by atomic mass is 10.2. The van der Waals surface area contributed by atoms with E-state index in [1.807, 2.05) is 24.3 Å². The highest BCUT2D eigenvalue weighted by Gasteiger charge is 2.24. The van der Waals surface area contributed by atoms with Crippen molar-refractivity contribution in [3.05, 3.63) is 46.2 Å². The summed E-state index contributed by atoms with van der Waals surface area (Å²) in [6.07, 6.45) is 2.37. The van der Waals surface area contributed by atoms with Gasteiger partial charge in [0.15, 0.2) is 5.43 Å². The molecule has 1 atom stereocenters. The third kappa shape index (κ3) is 2.62. The third-order valence-corrected chi connectivity index (χ3v) is 4.02. The van der Waals surface area contributed by atoms with E-state index in [1.165, 1.54) is 12.8 Å². The van der Waals surface area contributed by atoms with E-state index in [2.05, 4.69) is 9.88 Å². The Morgan fingerprint density at radius 1 is 1.40 bits per heavy atom. The summed E-state index contributed by atoms with van der Waals surface area (Å²) in [7, 11) is 1.74. The molecule has 20 heavy (non-hydrogen) atoms. The Balaban J connectivity index is 1.86. The number of rotatable bonds is 4. The van der Waals surface area contributed by atoms with Crippen LogP contribution in [0.5, 0.6) is 0 Å². The van der Waals surface area contributed by atoms with E-state index in [-0.39, 0.29) is 5.43 Å². The molecule has 1 saturated heterocycles. The number of methoxy groups -OCH3 is 1. The first-order valence-corrected chi connectivity index (χ1v) is 7.12.